The van der Waals surface area contributed by atoms with Gasteiger partial charge in [0.05, 0.1) is 24.7 Å². The lowest BCUT2D eigenvalue weighted by Gasteiger charge is -2.25. The van der Waals surface area contributed by atoms with E-state index in [0.29, 0.717) is 0 Å². The first kappa shape index (κ1) is 16.6. The van der Waals surface area contributed by atoms with Crippen LogP contribution < -0.4 is 5.11 Å². The molecule has 2 aromatic carbocycles. The molecule has 1 heterocycles. The minimum absolute atomic E-state index is 0.0352. The third-order valence-corrected chi connectivity index (χ3v) is 5.12. The molecule has 6 heteroatoms. The van der Waals surface area contributed by atoms with Crippen LogP contribution >= 0.6 is 0 Å². The molecule has 1 fully saturated rings. The quantitative estimate of drug-likeness (QED) is 0.894. The summed E-state index contributed by atoms with van der Waals surface area (Å²) in [6.45, 7) is 0.0501. The number of benzene rings is 2. The number of aliphatic hydroxyl groups excluding tert-OH is 1. The number of ether oxygens (including phenoxy) is 1. The zero-order valence-electron chi connectivity index (χ0n) is 14.0. The Labute approximate surface area is 150 Å². The Morgan fingerprint density at radius 1 is 1.08 bits per heavy atom. The van der Waals surface area contributed by atoms with Crippen molar-refractivity contribution in [3.8, 4) is 11.1 Å². The van der Waals surface area contributed by atoms with Gasteiger partial charge < -0.3 is 19.7 Å². The van der Waals surface area contributed by atoms with Crippen LogP contribution in [0.25, 0.3) is 11.1 Å². The molecule has 1 N–H and O–H groups in total. The Morgan fingerprint density at radius 3 is 2.23 bits per heavy atom. The van der Waals surface area contributed by atoms with Crippen molar-refractivity contribution in [1.29, 1.82) is 0 Å². The van der Waals surface area contributed by atoms with Gasteiger partial charge >= 0.3 is 6.09 Å². The molecule has 0 spiro atoms. The van der Waals surface area contributed by atoms with E-state index in [4.69, 9.17) is 4.74 Å². The van der Waals surface area contributed by atoms with Crippen molar-refractivity contribution in [2.45, 2.75) is 24.5 Å². The van der Waals surface area contributed by atoms with E-state index in [1.807, 2.05) is 48.5 Å². The molecular formula is C20H18NO5-. The standard InChI is InChI=1S/C20H19NO5/c22-12-9-18(19(23)24)21(10-12)20(25)26-11-17-15-7-3-1-5-13(15)14-6-2-4-8-16(14)17/h1-8,12,17-18,22H,9-11H2,(H,23,24)/p-1/t12-,18+/m1/s1. The van der Waals surface area contributed by atoms with Gasteiger partial charge in [-0.15, -0.1) is 0 Å². The van der Waals surface area contributed by atoms with Crippen molar-refractivity contribution in [3.05, 3.63) is 59.7 Å². The molecule has 4 rings (SSSR count). The van der Waals surface area contributed by atoms with Crippen LogP contribution in [0.15, 0.2) is 48.5 Å². The maximum atomic E-state index is 12.4. The predicted octanol–water partition coefficient (Wildman–Crippen LogP) is 1.12. The van der Waals surface area contributed by atoms with Gasteiger partial charge in [0.25, 0.3) is 0 Å². The highest BCUT2D eigenvalue weighted by Crippen LogP contribution is 2.44. The average molecular weight is 352 g/mol. The Bertz CT molecular complexity index is 819. The molecule has 0 radical (unpaired) electrons. The first-order chi connectivity index (χ1) is 12.6. The van der Waals surface area contributed by atoms with E-state index in [9.17, 15) is 19.8 Å². The van der Waals surface area contributed by atoms with Crippen molar-refractivity contribution >= 4 is 12.1 Å². The van der Waals surface area contributed by atoms with E-state index >= 15 is 0 Å². The van der Waals surface area contributed by atoms with Gasteiger partial charge in [-0.3, -0.25) is 4.90 Å². The Balaban J connectivity index is 1.53. The first-order valence-corrected chi connectivity index (χ1v) is 8.57. The smallest absolute Gasteiger partial charge is 0.410 e. The molecule has 0 unspecified atom stereocenters. The number of aliphatic carboxylic acids is 1. The molecule has 1 amide bonds. The summed E-state index contributed by atoms with van der Waals surface area (Å²) in [5, 5.41) is 20.8. The molecule has 2 aliphatic rings. The average Bonchev–Trinajstić information content (AvgIpc) is 3.18. The topological polar surface area (TPSA) is 89.9 Å². The van der Waals surface area contributed by atoms with Gasteiger partial charge in [0.15, 0.2) is 0 Å². The number of likely N-dealkylation sites (tertiary alicyclic amines) is 1. The number of nitrogens with zero attached hydrogens (tertiary/aromatic N) is 1. The number of carboxylic acid groups (broad SMARTS) is 1. The van der Waals surface area contributed by atoms with Gasteiger partial charge in [-0.2, -0.15) is 0 Å². The molecule has 6 nitrogen and oxygen atoms in total. The highest BCUT2D eigenvalue weighted by Gasteiger charge is 2.37. The number of carbonyl (C=O) groups is 2. The van der Waals surface area contributed by atoms with Crippen LogP contribution in [-0.4, -0.2) is 47.4 Å². The normalized spacial score (nSPS) is 21.3. The molecule has 0 aromatic heterocycles. The number of carboxylic acids is 1. The molecule has 2 aromatic rings. The number of hydrogen-bond donors (Lipinski definition) is 1. The molecule has 1 aliphatic heterocycles. The molecule has 1 aliphatic carbocycles. The fraction of sp³-hybridized carbons (Fsp3) is 0.300. The van der Waals surface area contributed by atoms with Gasteiger partial charge in [-0.05, 0) is 22.3 Å². The monoisotopic (exact) mass is 352 g/mol. The maximum absolute atomic E-state index is 12.4. The van der Waals surface area contributed by atoms with Crippen LogP contribution in [0.5, 0.6) is 0 Å². The molecule has 134 valence electrons. The summed E-state index contributed by atoms with van der Waals surface area (Å²) in [5.74, 6) is -1.48. The number of hydrogen-bond acceptors (Lipinski definition) is 5. The molecule has 26 heavy (non-hydrogen) atoms. The number of rotatable bonds is 3. The highest BCUT2D eigenvalue weighted by atomic mass is 16.6. The summed E-state index contributed by atoms with van der Waals surface area (Å²) in [6.07, 6.45) is -1.65. The number of aliphatic hydroxyl groups is 1. The zero-order valence-corrected chi connectivity index (χ0v) is 14.0. The summed E-state index contributed by atoms with van der Waals surface area (Å²) in [5.41, 5.74) is 4.40. The van der Waals surface area contributed by atoms with Gasteiger partial charge in [0, 0.05) is 12.3 Å². The number of amides is 1. The number of carbonyl (C=O) groups excluding carboxylic acids is 2. The lowest BCUT2D eigenvalue weighted by molar-refractivity contribution is -0.310. The van der Waals surface area contributed by atoms with E-state index in [0.717, 1.165) is 27.2 Å². The summed E-state index contributed by atoms with van der Waals surface area (Å²) in [4.78, 5) is 24.6. The van der Waals surface area contributed by atoms with Crippen LogP contribution in [-0.2, 0) is 9.53 Å². The van der Waals surface area contributed by atoms with Crippen molar-refractivity contribution in [3.63, 3.8) is 0 Å². The van der Waals surface area contributed by atoms with Gasteiger partial charge in [0.1, 0.15) is 6.61 Å². The minimum Gasteiger partial charge on any atom is -0.548 e. The molecule has 0 saturated carbocycles. The van der Waals surface area contributed by atoms with Crippen LogP contribution in [0.4, 0.5) is 4.79 Å². The highest BCUT2D eigenvalue weighted by molar-refractivity contribution is 5.81. The summed E-state index contributed by atoms with van der Waals surface area (Å²) >= 11 is 0. The van der Waals surface area contributed by atoms with Crippen molar-refractivity contribution in [1.82, 2.24) is 4.90 Å². The summed E-state index contributed by atoms with van der Waals surface area (Å²) in [6, 6.07) is 14.8. The lowest BCUT2D eigenvalue weighted by atomic mass is 9.98. The SMILES string of the molecule is O=C([O-])[C@@H]1C[C@@H](O)CN1C(=O)OCC1c2ccccc2-c2ccccc21. The van der Waals surface area contributed by atoms with Crippen molar-refractivity contribution < 1.29 is 24.5 Å². The summed E-state index contributed by atoms with van der Waals surface area (Å²) in [7, 11) is 0. The first-order valence-electron chi connectivity index (χ1n) is 8.57. The second-order valence-corrected chi connectivity index (χ2v) is 6.68. The lowest BCUT2D eigenvalue weighted by Crippen LogP contribution is -2.47. The molecule has 1 saturated heterocycles. The molecular weight excluding hydrogens is 334 g/mol. The number of fused-ring (bicyclic) bond motifs is 3. The molecule has 0 bridgehead atoms. The fourth-order valence-electron chi connectivity index (χ4n) is 3.92. The third kappa shape index (κ3) is 2.72. The van der Waals surface area contributed by atoms with E-state index in [2.05, 4.69) is 0 Å². The third-order valence-electron chi connectivity index (χ3n) is 5.12. The number of β-amino-alcohol motifs (C(OH)–C–C–N with tert-alkyl or cyclic N) is 1. The largest absolute Gasteiger partial charge is 0.548 e. The van der Waals surface area contributed by atoms with E-state index < -0.39 is 24.2 Å². The minimum atomic E-state index is -1.38. The van der Waals surface area contributed by atoms with Crippen LogP contribution in [0, 0.1) is 0 Å². The second-order valence-electron chi connectivity index (χ2n) is 6.68. The van der Waals surface area contributed by atoms with Crippen molar-refractivity contribution in [2.24, 2.45) is 0 Å². The Morgan fingerprint density at radius 2 is 1.65 bits per heavy atom. The van der Waals surface area contributed by atoms with Crippen LogP contribution in [0.1, 0.15) is 23.5 Å². The predicted molar refractivity (Wildman–Crippen MR) is 91.2 cm³/mol. The fourth-order valence-corrected chi connectivity index (χ4v) is 3.92. The Kier molecular flexibility index (Phi) is 4.12. The van der Waals surface area contributed by atoms with Gasteiger partial charge in [-0.25, -0.2) is 4.79 Å². The van der Waals surface area contributed by atoms with Crippen molar-refractivity contribution in [2.75, 3.05) is 13.2 Å². The van der Waals surface area contributed by atoms with E-state index in [1.165, 1.54) is 0 Å². The van der Waals surface area contributed by atoms with Gasteiger partial charge in [0.2, 0.25) is 0 Å². The van der Waals surface area contributed by atoms with Crippen LogP contribution in [0.3, 0.4) is 0 Å². The van der Waals surface area contributed by atoms with E-state index in [-0.39, 0.29) is 25.5 Å². The second kappa shape index (κ2) is 6.46. The Hall–Kier alpha value is -2.86. The zero-order chi connectivity index (χ0) is 18.3. The van der Waals surface area contributed by atoms with Gasteiger partial charge in [-0.1, -0.05) is 48.5 Å². The molecule has 2 atom stereocenters. The van der Waals surface area contributed by atoms with Crippen LogP contribution in [0.2, 0.25) is 0 Å². The summed E-state index contributed by atoms with van der Waals surface area (Å²) < 4.78 is 5.44. The van der Waals surface area contributed by atoms with E-state index in [1.54, 1.807) is 0 Å². The maximum Gasteiger partial charge on any atom is 0.410 e.